The molecule has 5 heteroatoms. The van der Waals surface area contributed by atoms with Crippen LogP contribution >= 0.6 is 11.3 Å². The fraction of sp³-hybridized carbons (Fsp3) is 0.600. The molecule has 0 aromatic carbocycles. The van der Waals surface area contributed by atoms with E-state index in [0.29, 0.717) is 0 Å². The minimum absolute atomic E-state index is 0.862. The maximum Gasteiger partial charge on any atom is 0.150 e. The predicted molar refractivity (Wildman–Crippen MR) is 85.6 cm³/mol. The zero-order valence-corrected chi connectivity index (χ0v) is 13.0. The molecular weight excluding hydrogens is 268 g/mol. The molecule has 0 atom stereocenters. The highest BCUT2D eigenvalue weighted by atomic mass is 32.1. The van der Waals surface area contributed by atoms with Crippen molar-refractivity contribution in [1.29, 1.82) is 0 Å². The monoisotopic (exact) mass is 290 g/mol. The number of rotatable bonds is 4. The third-order valence-corrected chi connectivity index (χ3v) is 5.31. The van der Waals surface area contributed by atoms with Crippen molar-refractivity contribution < 1.29 is 0 Å². The van der Waals surface area contributed by atoms with Crippen LogP contribution in [0.5, 0.6) is 0 Å². The molecule has 1 N–H and O–H groups in total. The maximum atomic E-state index is 4.54. The van der Waals surface area contributed by atoms with E-state index in [0.717, 1.165) is 36.9 Å². The zero-order valence-electron chi connectivity index (χ0n) is 12.2. The lowest BCUT2D eigenvalue weighted by atomic mass is 9.93. The topological polar surface area (TPSA) is 41.0 Å². The second kappa shape index (κ2) is 6.06. The van der Waals surface area contributed by atoms with Gasteiger partial charge in [0.25, 0.3) is 0 Å². The van der Waals surface area contributed by atoms with Crippen molar-refractivity contribution in [3.63, 3.8) is 0 Å². The van der Waals surface area contributed by atoms with Crippen molar-refractivity contribution in [2.45, 2.75) is 26.2 Å². The van der Waals surface area contributed by atoms with Gasteiger partial charge < -0.3 is 10.2 Å². The summed E-state index contributed by atoms with van der Waals surface area (Å²) in [6, 6.07) is 0. The summed E-state index contributed by atoms with van der Waals surface area (Å²) in [5.41, 5.74) is 2.38. The van der Waals surface area contributed by atoms with Gasteiger partial charge in [-0.05, 0) is 56.6 Å². The lowest BCUT2D eigenvalue weighted by Gasteiger charge is -2.33. The normalized spacial score (nSPS) is 17.0. The van der Waals surface area contributed by atoms with E-state index in [1.807, 2.05) is 7.05 Å². The molecule has 1 aliphatic heterocycles. The van der Waals surface area contributed by atoms with E-state index < -0.39 is 0 Å². The number of aryl methyl sites for hydroxylation is 1. The third kappa shape index (κ3) is 2.65. The summed E-state index contributed by atoms with van der Waals surface area (Å²) in [7, 11) is 2.03. The Labute approximate surface area is 124 Å². The Morgan fingerprint density at radius 2 is 2.15 bits per heavy atom. The molecule has 2 aromatic rings. The molecule has 0 aliphatic carbocycles. The van der Waals surface area contributed by atoms with Gasteiger partial charge in [-0.25, -0.2) is 9.97 Å². The van der Waals surface area contributed by atoms with Crippen LogP contribution in [0.4, 0.5) is 5.82 Å². The highest BCUT2D eigenvalue weighted by Gasteiger charge is 2.22. The van der Waals surface area contributed by atoms with Crippen molar-refractivity contribution in [1.82, 2.24) is 15.3 Å². The molecule has 1 saturated heterocycles. The van der Waals surface area contributed by atoms with Crippen LogP contribution in [-0.4, -0.2) is 36.6 Å². The molecule has 2 aromatic heterocycles. The van der Waals surface area contributed by atoms with E-state index in [2.05, 4.69) is 32.5 Å². The Morgan fingerprint density at radius 3 is 2.90 bits per heavy atom. The Morgan fingerprint density at radius 1 is 1.35 bits per heavy atom. The smallest absolute Gasteiger partial charge is 0.150 e. The summed E-state index contributed by atoms with van der Waals surface area (Å²) in [5, 5.41) is 5.44. The van der Waals surface area contributed by atoms with Crippen LogP contribution in [0.3, 0.4) is 0 Å². The molecule has 20 heavy (non-hydrogen) atoms. The lowest BCUT2D eigenvalue weighted by Crippen LogP contribution is -2.35. The molecule has 0 saturated carbocycles. The first-order valence-electron chi connectivity index (χ1n) is 7.38. The van der Waals surface area contributed by atoms with Crippen LogP contribution in [0.15, 0.2) is 11.7 Å². The molecule has 108 valence electrons. The average Bonchev–Trinajstić information content (AvgIpc) is 2.87. The molecule has 0 bridgehead atoms. The number of anilines is 1. The van der Waals surface area contributed by atoms with Crippen molar-refractivity contribution in [3.8, 4) is 0 Å². The molecule has 0 amide bonds. The second-order valence-electron chi connectivity index (χ2n) is 5.62. The Bertz CT molecular complexity index is 572. The minimum atomic E-state index is 0.862. The van der Waals surface area contributed by atoms with E-state index >= 15 is 0 Å². The van der Waals surface area contributed by atoms with Gasteiger partial charge in [0, 0.05) is 13.1 Å². The number of piperidine rings is 1. The number of hydrogen-bond acceptors (Lipinski definition) is 5. The summed E-state index contributed by atoms with van der Waals surface area (Å²) in [4.78, 5) is 11.4. The fourth-order valence-corrected chi connectivity index (χ4v) is 3.98. The number of hydrogen-bond donors (Lipinski definition) is 1. The number of thiophene rings is 1. The van der Waals surface area contributed by atoms with Gasteiger partial charge in [-0.2, -0.15) is 0 Å². The molecule has 0 unspecified atom stereocenters. The molecule has 3 rings (SSSR count). The third-order valence-electron chi connectivity index (χ3n) is 4.23. The van der Waals surface area contributed by atoms with Gasteiger partial charge in [0.2, 0.25) is 0 Å². The number of nitrogens with zero attached hydrogens (tertiary/aromatic N) is 3. The Kier molecular flexibility index (Phi) is 4.17. The Balaban J connectivity index is 1.73. The second-order valence-corrected chi connectivity index (χ2v) is 6.50. The summed E-state index contributed by atoms with van der Waals surface area (Å²) in [6.45, 7) is 5.50. The van der Waals surface area contributed by atoms with Gasteiger partial charge in [-0.3, -0.25) is 0 Å². The van der Waals surface area contributed by atoms with Crippen LogP contribution in [0, 0.1) is 12.8 Å². The van der Waals surface area contributed by atoms with Crippen LogP contribution in [0.25, 0.3) is 10.2 Å². The highest BCUT2D eigenvalue weighted by Crippen LogP contribution is 2.33. The van der Waals surface area contributed by atoms with Gasteiger partial charge in [-0.1, -0.05) is 0 Å². The van der Waals surface area contributed by atoms with E-state index in [1.165, 1.54) is 29.5 Å². The summed E-state index contributed by atoms with van der Waals surface area (Å²) in [6.07, 6.45) is 5.56. The Hall–Kier alpha value is -1.20. The van der Waals surface area contributed by atoms with E-state index in [4.69, 9.17) is 0 Å². The first-order valence-corrected chi connectivity index (χ1v) is 8.26. The molecule has 1 fully saturated rings. The molecule has 4 nitrogen and oxygen atoms in total. The van der Waals surface area contributed by atoms with Crippen molar-refractivity contribution in [3.05, 3.63) is 17.3 Å². The van der Waals surface area contributed by atoms with Crippen LogP contribution < -0.4 is 10.2 Å². The van der Waals surface area contributed by atoms with E-state index in [-0.39, 0.29) is 0 Å². The molecule has 1 aliphatic rings. The average molecular weight is 290 g/mol. The predicted octanol–water partition coefficient (Wildman–Crippen LogP) is 2.83. The first kappa shape index (κ1) is 13.8. The quantitative estimate of drug-likeness (QED) is 0.940. The van der Waals surface area contributed by atoms with Crippen molar-refractivity contribution in [2.75, 3.05) is 31.6 Å². The maximum absolute atomic E-state index is 4.54. The van der Waals surface area contributed by atoms with E-state index in [9.17, 15) is 0 Å². The van der Waals surface area contributed by atoms with Gasteiger partial charge in [0.05, 0.1) is 10.2 Å². The van der Waals surface area contributed by atoms with Gasteiger partial charge in [0.1, 0.15) is 12.1 Å². The summed E-state index contributed by atoms with van der Waals surface area (Å²) >= 11 is 1.77. The fourth-order valence-electron chi connectivity index (χ4n) is 2.96. The number of nitrogens with one attached hydrogen (secondary N) is 1. The van der Waals surface area contributed by atoms with Crippen LogP contribution in [0.2, 0.25) is 0 Å². The van der Waals surface area contributed by atoms with Gasteiger partial charge in [-0.15, -0.1) is 11.3 Å². The van der Waals surface area contributed by atoms with Gasteiger partial charge in [0.15, 0.2) is 0 Å². The minimum Gasteiger partial charge on any atom is -0.355 e. The van der Waals surface area contributed by atoms with Crippen molar-refractivity contribution >= 4 is 27.4 Å². The standard InChI is InChI=1S/C15H22N4S/c1-11-9-20-14-13(11)17-10-18-15(14)19-7-4-12(5-8-19)3-6-16-2/h9-10,12,16H,3-8H2,1-2H3. The van der Waals surface area contributed by atoms with Crippen LogP contribution in [-0.2, 0) is 0 Å². The number of fused-ring (bicyclic) bond motifs is 1. The first-order chi connectivity index (χ1) is 9.79. The zero-order chi connectivity index (χ0) is 13.9. The molecule has 3 heterocycles. The summed E-state index contributed by atoms with van der Waals surface area (Å²) < 4.78 is 1.25. The molecule has 0 radical (unpaired) electrons. The highest BCUT2D eigenvalue weighted by molar-refractivity contribution is 7.18. The lowest BCUT2D eigenvalue weighted by molar-refractivity contribution is 0.377. The van der Waals surface area contributed by atoms with Crippen LogP contribution in [0.1, 0.15) is 24.8 Å². The molecule has 0 spiro atoms. The van der Waals surface area contributed by atoms with E-state index in [1.54, 1.807) is 17.7 Å². The SMILES string of the molecule is CNCCC1CCN(c2ncnc3c(C)csc23)CC1. The molecular formula is C15H22N4S. The van der Waals surface area contributed by atoms with Gasteiger partial charge >= 0.3 is 0 Å². The largest absolute Gasteiger partial charge is 0.355 e. The van der Waals surface area contributed by atoms with Crippen molar-refractivity contribution in [2.24, 2.45) is 5.92 Å². The summed E-state index contributed by atoms with van der Waals surface area (Å²) in [5.74, 6) is 2.00. The number of aromatic nitrogens is 2.